The van der Waals surface area contributed by atoms with Crippen molar-refractivity contribution in [1.82, 2.24) is 9.97 Å². The van der Waals surface area contributed by atoms with Gasteiger partial charge in [-0.05, 0) is 57.3 Å². The first-order valence-corrected chi connectivity index (χ1v) is 12.8. The molecule has 1 N–H and O–H groups in total. The van der Waals surface area contributed by atoms with Gasteiger partial charge in [-0.3, -0.25) is 0 Å². The fraction of sp³-hybridized carbons (Fsp3) is 0.696. The van der Waals surface area contributed by atoms with Crippen molar-refractivity contribution in [3.63, 3.8) is 0 Å². The van der Waals surface area contributed by atoms with Gasteiger partial charge in [0.1, 0.15) is 17.7 Å². The molecule has 1 saturated carbocycles. The molecule has 1 unspecified atom stereocenters. The van der Waals surface area contributed by atoms with Crippen LogP contribution >= 0.6 is 22.7 Å². The van der Waals surface area contributed by atoms with Gasteiger partial charge in [0.05, 0.1) is 5.01 Å². The quantitative estimate of drug-likeness (QED) is 0.395. The summed E-state index contributed by atoms with van der Waals surface area (Å²) in [4.78, 5) is 21.5. The lowest BCUT2D eigenvalue weighted by Gasteiger charge is -2.29. The van der Waals surface area contributed by atoms with E-state index in [1.807, 2.05) is 6.92 Å². The lowest BCUT2D eigenvalue weighted by molar-refractivity contribution is -0.108. The van der Waals surface area contributed by atoms with Crippen LogP contribution in [0, 0.1) is 31.6 Å². The van der Waals surface area contributed by atoms with E-state index in [4.69, 9.17) is 9.72 Å². The molecule has 0 aromatic carbocycles. The van der Waals surface area contributed by atoms with Crippen LogP contribution in [0.3, 0.4) is 0 Å². The Morgan fingerprint density at radius 1 is 1.20 bits per heavy atom. The number of aryl methyl sites for hydroxylation is 2. The smallest absolute Gasteiger partial charge is 0.183 e. The van der Waals surface area contributed by atoms with Crippen LogP contribution < -0.4 is 5.32 Å². The van der Waals surface area contributed by atoms with Gasteiger partial charge in [-0.15, -0.1) is 22.7 Å². The van der Waals surface area contributed by atoms with Crippen LogP contribution in [0.1, 0.15) is 61.3 Å². The molecule has 5 nitrogen and oxygen atoms in total. The molecule has 0 saturated heterocycles. The minimum absolute atomic E-state index is 0.492. The highest BCUT2D eigenvalue weighted by molar-refractivity contribution is 7.14. The molecule has 0 amide bonds. The highest BCUT2D eigenvalue weighted by Gasteiger charge is 2.22. The summed E-state index contributed by atoms with van der Waals surface area (Å²) in [5.41, 5.74) is 2.02. The molecule has 0 bridgehead atoms. The average Bonchev–Trinajstić information content (AvgIpc) is 3.34. The predicted molar refractivity (Wildman–Crippen MR) is 127 cm³/mol. The fourth-order valence-corrected chi connectivity index (χ4v) is 5.99. The van der Waals surface area contributed by atoms with E-state index in [2.05, 4.69) is 22.6 Å². The number of carbonyl (C=O) groups excluding carboxylic acids is 1. The maximum Gasteiger partial charge on any atom is 0.183 e. The number of hydrogen-bond donors (Lipinski definition) is 1. The first-order chi connectivity index (χ1) is 14.6. The molecular formula is C23H35N3O2S2. The van der Waals surface area contributed by atoms with E-state index in [1.54, 1.807) is 29.8 Å². The summed E-state index contributed by atoms with van der Waals surface area (Å²) in [7, 11) is 1.74. The third kappa shape index (κ3) is 6.86. The first-order valence-electron chi connectivity index (χ1n) is 11.1. The number of nitrogens with one attached hydrogen (secondary N) is 1. The van der Waals surface area contributed by atoms with Crippen molar-refractivity contribution in [2.24, 2.45) is 17.8 Å². The number of aldehydes is 1. The monoisotopic (exact) mass is 449 g/mol. The molecule has 166 valence electrons. The van der Waals surface area contributed by atoms with E-state index in [0.717, 1.165) is 65.6 Å². The molecule has 2 aromatic heterocycles. The lowest BCUT2D eigenvalue weighted by atomic mass is 9.78. The highest BCUT2D eigenvalue weighted by Crippen LogP contribution is 2.34. The number of methoxy groups -OCH3 is 1. The minimum atomic E-state index is 0.492. The molecule has 0 aliphatic heterocycles. The summed E-state index contributed by atoms with van der Waals surface area (Å²) < 4.78 is 5.19. The second-order valence-electron chi connectivity index (χ2n) is 8.57. The maximum absolute atomic E-state index is 10.9. The summed E-state index contributed by atoms with van der Waals surface area (Å²) in [6.45, 7) is 5.93. The van der Waals surface area contributed by atoms with Gasteiger partial charge in [0.15, 0.2) is 5.13 Å². The van der Waals surface area contributed by atoms with E-state index >= 15 is 0 Å². The standard InChI is InChI=1S/C23H35N3O2S2/c1-16-22(25-17(2)30-16)21-15-29-23(26-21)24-14-20-8-6-18(7-9-20)4-5-19(10-12-27)11-13-28-3/h12,15,18-20H,4-11,13-14H2,1-3H3,(H,24,26). The Morgan fingerprint density at radius 2 is 1.97 bits per heavy atom. The third-order valence-corrected chi connectivity index (χ3v) is 7.99. The first kappa shape index (κ1) is 23.4. The zero-order chi connectivity index (χ0) is 21.3. The van der Waals surface area contributed by atoms with Gasteiger partial charge in [0.2, 0.25) is 0 Å². The summed E-state index contributed by atoms with van der Waals surface area (Å²) in [5.74, 6) is 2.04. The van der Waals surface area contributed by atoms with E-state index in [-0.39, 0.29) is 0 Å². The lowest BCUT2D eigenvalue weighted by Crippen LogP contribution is -2.21. The molecule has 3 rings (SSSR count). The van der Waals surface area contributed by atoms with E-state index in [1.165, 1.54) is 37.0 Å². The van der Waals surface area contributed by atoms with Gasteiger partial charge in [0, 0.05) is 36.9 Å². The molecule has 30 heavy (non-hydrogen) atoms. The molecule has 1 aliphatic rings. The van der Waals surface area contributed by atoms with Crippen LogP contribution in [-0.4, -0.2) is 36.5 Å². The Balaban J connectivity index is 1.38. The molecule has 7 heteroatoms. The molecule has 1 aliphatic carbocycles. The maximum atomic E-state index is 10.9. The molecule has 1 fully saturated rings. The second kappa shape index (κ2) is 11.9. The van der Waals surface area contributed by atoms with Crippen molar-refractivity contribution in [3.05, 3.63) is 15.3 Å². The summed E-state index contributed by atoms with van der Waals surface area (Å²) in [5, 5.41) is 7.78. The zero-order valence-corrected chi connectivity index (χ0v) is 20.1. The number of rotatable bonds is 12. The molecule has 2 aromatic rings. The number of thiazole rings is 2. The van der Waals surface area contributed by atoms with Crippen molar-refractivity contribution < 1.29 is 9.53 Å². The van der Waals surface area contributed by atoms with Crippen molar-refractivity contribution in [3.8, 4) is 11.4 Å². The third-order valence-electron chi connectivity index (χ3n) is 6.30. The normalized spacial score (nSPS) is 20.2. The van der Waals surface area contributed by atoms with Crippen LogP contribution in [0.2, 0.25) is 0 Å². The number of ether oxygens (including phenoxy) is 1. The van der Waals surface area contributed by atoms with Gasteiger partial charge in [-0.25, -0.2) is 9.97 Å². The van der Waals surface area contributed by atoms with Crippen LogP contribution in [-0.2, 0) is 9.53 Å². The van der Waals surface area contributed by atoms with Crippen molar-refractivity contribution in [1.29, 1.82) is 0 Å². The van der Waals surface area contributed by atoms with Crippen molar-refractivity contribution in [2.45, 2.75) is 65.2 Å². The van der Waals surface area contributed by atoms with Gasteiger partial charge in [-0.2, -0.15) is 0 Å². The Bertz CT molecular complexity index is 781. The van der Waals surface area contributed by atoms with Gasteiger partial charge in [-0.1, -0.05) is 19.3 Å². The number of anilines is 1. The molecule has 0 spiro atoms. The zero-order valence-electron chi connectivity index (χ0n) is 18.5. The number of hydrogen-bond acceptors (Lipinski definition) is 7. The van der Waals surface area contributed by atoms with Gasteiger partial charge in [0.25, 0.3) is 0 Å². The topological polar surface area (TPSA) is 64.1 Å². The van der Waals surface area contributed by atoms with E-state index in [9.17, 15) is 4.79 Å². The van der Waals surface area contributed by atoms with Crippen LogP contribution in [0.15, 0.2) is 5.38 Å². The fourth-order valence-electron chi connectivity index (χ4n) is 4.46. The number of aromatic nitrogens is 2. The van der Waals surface area contributed by atoms with E-state index in [0.29, 0.717) is 12.3 Å². The predicted octanol–water partition coefficient (Wildman–Crippen LogP) is 6.12. The Kier molecular flexibility index (Phi) is 9.27. The largest absolute Gasteiger partial charge is 0.385 e. The van der Waals surface area contributed by atoms with Crippen LogP contribution in [0.25, 0.3) is 11.4 Å². The molecule has 1 atom stereocenters. The van der Waals surface area contributed by atoms with Crippen molar-refractivity contribution in [2.75, 3.05) is 25.6 Å². The second-order valence-corrected chi connectivity index (χ2v) is 10.8. The van der Waals surface area contributed by atoms with Crippen LogP contribution in [0.4, 0.5) is 5.13 Å². The summed E-state index contributed by atoms with van der Waals surface area (Å²) >= 11 is 3.41. The summed E-state index contributed by atoms with van der Waals surface area (Å²) in [6.07, 6.45) is 10.4. The highest BCUT2D eigenvalue weighted by atomic mass is 32.1. The van der Waals surface area contributed by atoms with Crippen molar-refractivity contribution >= 4 is 34.1 Å². The molecule has 2 heterocycles. The average molecular weight is 450 g/mol. The van der Waals surface area contributed by atoms with Gasteiger partial charge < -0.3 is 14.8 Å². The molecular weight excluding hydrogens is 414 g/mol. The number of nitrogens with zero attached hydrogens (tertiary/aromatic N) is 2. The number of carbonyl (C=O) groups is 1. The van der Waals surface area contributed by atoms with Gasteiger partial charge >= 0.3 is 0 Å². The molecule has 0 radical (unpaired) electrons. The SMILES string of the molecule is COCCC(CC=O)CCC1CCC(CNc2nc(-c3nc(C)sc3C)cs2)CC1. The Morgan fingerprint density at radius 3 is 2.63 bits per heavy atom. The summed E-state index contributed by atoms with van der Waals surface area (Å²) in [6, 6.07) is 0. The Hall–Kier alpha value is -1.31. The Labute approximate surface area is 188 Å². The van der Waals surface area contributed by atoms with Crippen LogP contribution in [0.5, 0.6) is 0 Å². The van der Waals surface area contributed by atoms with E-state index < -0.39 is 0 Å². The minimum Gasteiger partial charge on any atom is -0.385 e.